The number of likely N-dealkylation sites (N-methyl/N-ethyl adjacent to an activating group) is 1. The number of nitrogens with zero attached hydrogens (tertiary/aromatic N) is 4. The van der Waals surface area contributed by atoms with Gasteiger partial charge in [-0.1, -0.05) is 6.42 Å². The maximum absolute atomic E-state index is 12.5. The SMILES string of the molecule is Cc1cc(C)nc(N2CCCC(N(C)C(=O)C3CCC3)C2)n1. The first kappa shape index (κ1) is 15.3. The van der Waals surface area contributed by atoms with Crippen LogP contribution in [-0.4, -0.2) is 47.0 Å². The highest BCUT2D eigenvalue weighted by molar-refractivity contribution is 5.79. The van der Waals surface area contributed by atoms with Gasteiger partial charge in [0.2, 0.25) is 11.9 Å². The Kier molecular flexibility index (Phi) is 4.32. The molecular formula is C17H26N4O. The van der Waals surface area contributed by atoms with E-state index in [-0.39, 0.29) is 12.0 Å². The maximum atomic E-state index is 12.5. The van der Waals surface area contributed by atoms with Gasteiger partial charge in [0.1, 0.15) is 0 Å². The predicted molar refractivity (Wildman–Crippen MR) is 86.9 cm³/mol. The van der Waals surface area contributed by atoms with Gasteiger partial charge in [0.25, 0.3) is 0 Å². The zero-order valence-corrected chi connectivity index (χ0v) is 13.9. The summed E-state index contributed by atoms with van der Waals surface area (Å²) in [6.45, 7) is 5.83. The van der Waals surface area contributed by atoms with Gasteiger partial charge < -0.3 is 9.80 Å². The quantitative estimate of drug-likeness (QED) is 0.860. The van der Waals surface area contributed by atoms with Crippen LogP contribution in [0.15, 0.2) is 6.07 Å². The standard InChI is InChI=1S/C17H26N4O/c1-12-10-13(2)19-17(18-12)21-9-5-8-15(11-21)20(3)16(22)14-6-4-7-14/h10,14-15H,4-9,11H2,1-3H3. The Bertz CT molecular complexity index is 535. The van der Waals surface area contributed by atoms with Crippen molar-refractivity contribution in [3.05, 3.63) is 17.5 Å². The minimum absolute atomic E-state index is 0.276. The molecule has 5 nitrogen and oxygen atoms in total. The van der Waals surface area contributed by atoms with Gasteiger partial charge in [0, 0.05) is 43.5 Å². The fourth-order valence-corrected chi connectivity index (χ4v) is 3.42. The molecule has 1 amide bonds. The number of aryl methyl sites for hydroxylation is 2. The lowest BCUT2D eigenvalue weighted by molar-refractivity contribution is -0.139. The largest absolute Gasteiger partial charge is 0.341 e. The average Bonchev–Trinajstić information content (AvgIpc) is 2.43. The third kappa shape index (κ3) is 3.08. The maximum Gasteiger partial charge on any atom is 0.225 e. The van der Waals surface area contributed by atoms with Crippen LogP contribution in [0.3, 0.4) is 0 Å². The molecule has 0 bridgehead atoms. The van der Waals surface area contributed by atoms with Gasteiger partial charge in [-0.2, -0.15) is 0 Å². The van der Waals surface area contributed by atoms with E-state index in [1.807, 2.05) is 31.9 Å². The van der Waals surface area contributed by atoms with E-state index in [1.54, 1.807) is 0 Å². The first-order valence-electron chi connectivity index (χ1n) is 8.38. The second-order valence-corrected chi connectivity index (χ2v) is 6.77. The van der Waals surface area contributed by atoms with Crippen LogP contribution in [0.1, 0.15) is 43.5 Å². The normalized spacial score (nSPS) is 22.3. The number of aromatic nitrogens is 2. The number of piperidine rings is 1. The highest BCUT2D eigenvalue weighted by Crippen LogP contribution is 2.29. The van der Waals surface area contributed by atoms with Crippen LogP contribution >= 0.6 is 0 Å². The molecule has 0 N–H and O–H groups in total. The van der Waals surface area contributed by atoms with Crippen molar-refractivity contribution in [2.45, 2.75) is 52.0 Å². The van der Waals surface area contributed by atoms with Gasteiger partial charge >= 0.3 is 0 Å². The van der Waals surface area contributed by atoms with Crippen LogP contribution < -0.4 is 4.90 Å². The van der Waals surface area contributed by atoms with Crippen LogP contribution in [0.5, 0.6) is 0 Å². The summed E-state index contributed by atoms with van der Waals surface area (Å²) in [5.41, 5.74) is 2.01. The Morgan fingerprint density at radius 2 is 1.86 bits per heavy atom. The van der Waals surface area contributed by atoms with Crippen molar-refractivity contribution in [3.63, 3.8) is 0 Å². The van der Waals surface area contributed by atoms with E-state index >= 15 is 0 Å². The molecule has 0 radical (unpaired) electrons. The Hall–Kier alpha value is -1.65. The molecule has 0 aromatic carbocycles. The van der Waals surface area contributed by atoms with Gasteiger partial charge in [-0.25, -0.2) is 9.97 Å². The van der Waals surface area contributed by atoms with Gasteiger partial charge in [-0.3, -0.25) is 4.79 Å². The second kappa shape index (κ2) is 6.23. The zero-order valence-electron chi connectivity index (χ0n) is 13.9. The summed E-state index contributed by atoms with van der Waals surface area (Å²) in [6.07, 6.45) is 5.51. The van der Waals surface area contributed by atoms with Crippen LogP contribution in [0.25, 0.3) is 0 Å². The fourth-order valence-electron chi connectivity index (χ4n) is 3.42. The van der Waals surface area contributed by atoms with Crippen LogP contribution in [0.2, 0.25) is 0 Å². The molecule has 5 heteroatoms. The first-order chi connectivity index (χ1) is 10.5. The molecule has 120 valence electrons. The van der Waals surface area contributed by atoms with Crippen molar-refractivity contribution in [1.29, 1.82) is 0 Å². The fraction of sp³-hybridized carbons (Fsp3) is 0.706. The summed E-state index contributed by atoms with van der Waals surface area (Å²) < 4.78 is 0. The first-order valence-corrected chi connectivity index (χ1v) is 8.38. The number of carbonyl (C=O) groups is 1. The summed E-state index contributed by atoms with van der Waals surface area (Å²) in [6, 6.07) is 2.28. The molecule has 2 heterocycles. The number of anilines is 1. The Morgan fingerprint density at radius 3 is 2.45 bits per heavy atom. The second-order valence-electron chi connectivity index (χ2n) is 6.77. The van der Waals surface area contributed by atoms with E-state index in [2.05, 4.69) is 14.9 Å². The topological polar surface area (TPSA) is 49.3 Å². The minimum atomic E-state index is 0.276. The number of carbonyl (C=O) groups excluding carboxylic acids is 1. The Morgan fingerprint density at radius 1 is 1.18 bits per heavy atom. The number of rotatable bonds is 3. The molecule has 3 rings (SSSR count). The molecule has 2 fully saturated rings. The molecule has 1 aliphatic heterocycles. The van der Waals surface area contributed by atoms with E-state index in [0.29, 0.717) is 5.91 Å². The van der Waals surface area contributed by atoms with Crippen molar-refractivity contribution >= 4 is 11.9 Å². The van der Waals surface area contributed by atoms with E-state index < -0.39 is 0 Å². The summed E-state index contributed by atoms with van der Waals surface area (Å²) in [5.74, 6) is 1.42. The lowest BCUT2D eigenvalue weighted by Crippen LogP contribution is -2.51. The zero-order chi connectivity index (χ0) is 15.7. The molecule has 1 aliphatic carbocycles. The van der Waals surface area contributed by atoms with Crippen molar-refractivity contribution < 1.29 is 4.79 Å². The monoisotopic (exact) mass is 302 g/mol. The summed E-state index contributed by atoms with van der Waals surface area (Å²) in [5, 5.41) is 0. The molecule has 22 heavy (non-hydrogen) atoms. The van der Waals surface area contributed by atoms with E-state index in [1.165, 1.54) is 6.42 Å². The molecular weight excluding hydrogens is 276 g/mol. The van der Waals surface area contributed by atoms with Crippen LogP contribution in [-0.2, 0) is 4.79 Å². The van der Waals surface area contributed by atoms with Crippen molar-refractivity contribution in [2.75, 3.05) is 25.0 Å². The third-order valence-electron chi connectivity index (χ3n) is 5.00. The van der Waals surface area contributed by atoms with Gasteiger partial charge in [-0.15, -0.1) is 0 Å². The summed E-state index contributed by atoms with van der Waals surface area (Å²) in [4.78, 5) is 25.8. The molecule has 1 atom stereocenters. The Labute approximate surface area is 132 Å². The molecule has 1 aromatic heterocycles. The van der Waals surface area contributed by atoms with Gasteiger partial charge in [0.05, 0.1) is 0 Å². The molecule has 1 aromatic rings. The van der Waals surface area contributed by atoms with Crippen LogP contribution in [0, 0.1) is 19.8 Å². The summed E-state index contributed by atoms with van der Waals surface area (Å²) >= 11 is 0. The van der Waals surface area contributed by atoms with Crippen molar-refractivity contribution in [3.8, 4) is 0 Å². The highest BCUT2D eigenvalue weighted by Gasteiger charge is 2.33. The minimum Gasteiger partial charge on any atom is -0.341 e. The van der Waals surface area contributed by atoms with E-state index in [0.717, 1.165) is 56.1 Å². The molecule has 2 aliphatic rings. The van der Waals surface area contributed by atoms with Crippen molar-refractivity contribution in [2.24, 2.45) is 5.92 Å². The average molecular weight is 302 g/mol. The lowest BCUT2D eigenvalue weighted by Gasteiger charge is -2.40. The number of hydrogen-bond donors (Lipinski definition) is 0. The molecule has 1 saturated carbocycles. The Balaban J connectivity index is 1.69. The van der Waals surface area contributed by atoms with E-state index in [9.17, 15) is 4.79 Å². The molecule has 1 unspecified atom stereocenters. The number of hydrogen-bond acceptors (Lipinski definition) is 4. The van der Waals surface area contributed by atoms with Crippen molar-refractivity contribution in [1.82, 2.24) is 14.9 Å². The number of amides is 1. The molecule has 0 spiro atoms. The van der Waals surface area contributed by atoms with E-state index in [4.69, 9.17) is 0 Å². The smallest absolute Gasteiger partial charge is 0.225 e. The van der Waals surface area contributed by atoms with Gasteiger partial charge in [0.15, 0.2) is 0 Å². The van der Waals surface area contributed by atoms with Crippen LogP contribution in [0.4, 0.5) is 5.95 Å². The van der Waals surface area contributed by atoms with Gasteiger partial charge in [-0.05, 0) is 45.6 Å². The third-order valence-corrected chi connectivity index (χ3v) is 5.00. The lowest BCUT2D eigenvalue weighted by atomic mass is 9.84. The summed E-state index contributed by atoms with van der Waals surface area (Å²) in [7, 11) is 1.97. The predicted octanol–water partition coefficient (Wildman–Crippen LogP) is 2.32. The molecule has 1 saturated heterocycles. The highest BCUT2D eigenvalue weighted by atomic mass is 16.2.